The Morgan fingerprint density at radius 1 is 0.971 bits per heavy atom. The van der Waals surface area contributed by atoms with Crippen molar-refractivity contribution in [3.05, 3.63) is 94.8 Å². The van der Waals surface area contributed by atoms with E-state index in [4.69, 9.17) is 0 Å². The van der Waals surface area contributed by atoms with E-state index >= 15 is 0 Å². The van der Waals surface area contributed by atoms with E-state index in [0.29, 0.717) is 23.4 Å². The Balaban J connectivity index is 1.67. The smallest absolute Gasteiger partial charge is 0.254 e. The largest absolute Gasteiger partial charge is 0.377 e. The van der Waals surface area contributed by atoms with E-state index in [2.05, 4.69) is 5.32 Å². The highest BCUT2D eigenvalue weighted by Crippen LogP contribution is 2.31. The topological polar surface area (TPSA) is 52.7 Å². The number of hydrogen-bond donors (Lipinski definition) is 1. The molecular weight excluding hydrogens is 429 g/mol. The summed E-state index contributed by atoms with van der Waals surface area (Å²) in [5.74, 6) is -0.329. The molecule has 34 heavy (non-hydrogen) atoms. The van der Waals surface area contributed by atoms with Crippen LogP contribution < -0.4 is 10.2 Å². The van der Waals surface area contributed by atoms with E-state index in [9.17, 15) is 14.0 Å². The summed E-state index contributed by atoms with van der Waals surface area (Å²) >= 11 is 0. The van der Waals surface area contributed by atoms with Gasteiger partial charge in [-0.3, -0.25) is 9.59 Å². The van der Waals surface area contributed by atoms with Crippen molar-refractivity contribution < 1.29 is 14.0 Å². The van der Waals surface area contributed by atoms with Crippen LogP contribution in [0, 0.1) is 18.7 Å². The minimum Gasteiger partial charge on any atom is -0.377 e. The van der Waals surface area contributed by atoms with Crippen molar-refractivity contribution in [1.82, 2.24) is 4.90 Å². The van der Waals surface area contributed by atoms with Crippen molar-refractivity contribution in [2.24, 2.45) is 5.92 Å². The van der Waals surface area contributed by atoms with E-state index in [0.717, 1.165) is 29.7 Å². The van der Waals surface area contributed by atoms with Gasteiger partial charge in [-0.1, -0.05) is 29.8 Å². The van der Waals surface area contributed by atoms with Gasteiger partial charge < -0.3 is 15.1 Å². The average molecular weight is 460 g/mol. The Kier molecular flexibility index (Phi) is 6.96. The number of hydrogen-bond acceptors (Lipinski definition) is 3. The number of carbonyl (C=O) groups excluding carboxylic acids is 2. The van der Waals surface area contributed by atoms with Gasteiger partial charge in [-0.2, -0.15) is 0 Å². The number of nitrogens with one attached hydrogen (secondary N) is 1. The molecule has 0 atom stereocenters. The molecule has 0 aromatic heterocycles. The molecule has 0 unspecified atom stereocenters. The van der Waals surface area contributed by atoms with Gasteiger partial charge >= 0.3 is 0 Å². The van der Waals surface area contributed by atoms with Gasteiger partial charge in [0.25, 0.3) is 5.91 Å². The molecule has 0 aliphatic heterocycles. The summed E-state index contributed by atoms with van der Waals surface area (Å²) in [6.07, 6.45) is 1.86. The Morgan fingerprint density at radius 3 is 2.41 bits per heavy atom. The number of nitrogens with zero attached hydrogens (tertiary/aromatic N) is 2. The van der Waals surface area contributed by atoms with Crippen LogP contribution in [0.25, 0.3) is 0 Å². The van der Waals surface area contributed by atoms with E-state index in [1.54, 1.807) is 17.0 Å². The maximum absolute atomic E-state index is 13.9. The lowest BCUT2D eigenvalue weighted by atomic mass is 10.1. The van der Waals surface area contributed by atoms with Crippen LogP contribution in [0.1, 0.15) is 39.9 Å². The summed E-state index contributed by atoms with van der Waals surface area (Å²) in [6.45, 7) is 2.52. The van der Waals surface area contributed by atoms with Crippen molar-refractivity contribution in [2.45, 2.75) is 32.9 Å². The van der Waals surface area contributed by atoms with Gasteiger partial charge in [0.1, 0.15) is 5.82 Å². The summed E-state index contributed by atoms with van der Waals surface area (Å²) in [5.41, 5.74) is 4.86. The maximum Gasteiger partial charge on any atom is 0.254 e. The average Bonchev–Trinajstić information content (AvgIpc) is 3.64. The Hall–Kier alpha value is -3.67. The number of rotatable bonds is 8. The monoisotopic (exact) mass is 459 g/mol. The number of aryl methyl sites for hydroxylation is 1. The van der Waals surface area contributed by atoms with Gasteiger partial charge in [0.15, 0.2) is 0 Å². The van der Waals surface area contributed by atoms with Crippen LogP contribution in [0.3, 0.4) is 0 Å². The van der Waals surface area contributed by atoms with Crippen LogP contribution in [-0.2, 0) is 17.9 Å². The number of amides is 2. The van der Waals surface area contributed by atoms with E-state index < -0.39 is 0 Å². The van der Waals surface area contributed by atoms with Crippen LogP contribution in [0.2, 0.25) is 0 Å². The van der Waals surface area contributed by atoms with Crippen LogP contribution >= 0.6 is 0 Å². The van der Waals surface area contributed by atoms with Gasteiger partial charge in [-0.15, -0.1) is 0 Å². The highest BCUT2D eigenvalue weighted by molar-refractivity contribution is 5.95. The molecule has 1 aliphatic carbocycles. The Labute approximate surface area is 200 Å². The molecular formula is C28H30FN3O2. The summed E-state index contributed by atoms with van der Waals surface area (Å²) in [5, 5.41) is 3.00. The predicted molar refractivity (Wildman–Crippen MR) is 133 cm³/mol. The second-order valence-electron chi connectivity index (χ2n) is 9.16. The number of halogens is 1. The van der Waals surface area contributed by atoms with Crippen LogP contribution in [0.4, 0.5) is 15.8 Å². The van der Waals surface area contributed by atoms with Crippen molar-refractivity contribution in [2.75, 3.05) is 24.3 Å². The lowest BCUT2D eigenvalue weighted by molar-refractivity contribution is -0.117. The van der Waals surface area contributed by atoms with Crippen LogP contribution in [0.5, 0.6) is 0 Å². The molecule has 3 aromatic carbocycles. The maximum atomic E-state index is 13.9. The lowest BCUT2D eigenvalue weighted by Crippen LogP contribution is -2.31. The molecule has 5 nitrogen and oxygen atoms in total. The third-order valence-corrected chi connectivity index (χ3v) is 5.95. The lowest BCUT2D eigenvalue weighted by Gasteiger charge is -2.27. The van der Waals surface area contributed by atoms with E-state index in [1.165, 1.54) is 12.1 Å². The molecule has 4 rings (SSSR count). The highest BCUT2D eigenvalue weighted by Gasteiger charge is 2.29. The molecule has 176 valence electrons. The van der Waals surface area contributed by atoms with Crippen molar-refractivity contribution >= 4 is 23.2 Å². The van der Waals surface area contributed by atoms with Crippen molar-refractivity contribution in [1.29, 1.82) is 0 Å². The fourth-order valence-corrected chi connectivity index (χ4v) is 4.04. The molecule has 3 aromatic rings. The number of anilines is 2. The zero-order valence-corrected chi connectivity index (χ0v) is 19.8. The molecule has 0 bridgehead atoms. The highest BCUT2D eigenvalue weighted by atomic mass is 19.1. The Bertz CT molecular complexity index is 1200. The molecule has 0 saturated heterocycles. The third kappa shape index (κ3) is 5.81. The standard InChI is InChI=1S/C28H30FN3O2/c1-19-6-4-8-22(14-19)28(34)32(17-20-7-5-9-24(29)15-20)18-23-16-25(12-13-26(23)31(2)3)30-27(33)21-10-11-21/h4-9,12-16,21H,10-11,17-18H2,1-3H3,(H,30,33). The zero-order chi connectivity index (χ0) is 24.2. The van der Waals surface area contributed by atoms with E-state index in [-0.39, 0.29) is 30.1 Å². The van der Waals surface area contributed by atoms with Crippen molar-refractivity contribution in [3.63, 3.8) is 0 Å². The molecule has 1 saturated carbocycles. The Morgan fingerprint density at radius 2 is 1.74 bits per heavy atom. The van der Waals surface area contributed by atoms with Gasteiger partial charge in [-0.05, 0) is 73.4 Å². The fraction of sp³-hybridized carbons (Fsp3) is 0.286. The second kappa shape index (κ2) is 10.1. The fourth-order valence-electron chi connectivity index (χ4n) is 4.04. The van der Waals surface area contributed by atoms with Gasteiger partial charge in [0.05, 0.1) is 0 Å². The predicted octanol–water partition coefficient (Wildman–Crippen LogP) is 5.39. The van der Waals surface area contributed by atoms with Gasteiger partial charge in [0, 0.05) is 50.0 Å². The SMILES string of the molecule is Cc1cccc(C(=O)N(Cc2cccc(F)c2)Cc2cc(NC(=O)C3CC3)ccc2N(C)C)c1. The summed E-state index contributed by atoms with van der Waals surface area (Å²) in [6, 6.07) is 19.6. The first-order valence-corrected chi connectivity index (χ1v) is 11.5. The second-order valence-corrected chi connectivity index (χ2v) is 9.16. The first-order valence-electron chi connectivity index (χ1n) is 11.5. The summed E-state index contributed by atoms with van der Waals surface area (Å²) in [4.78, 5) is 29.6. The first-order chi connectivity index (χ1) is 16.3. The zero-order valence-electron chi connectivity index (χ0n) is 19.8. The van der Waals surface area contributed by atoms with Crippen LogP contribution in [-0.4, -0.2) is 30.8 Å². The normalized spacial score (nSPS) is 12.8. The minimum absolute atomic E-state index is 0.0380. The first kappa shape index (κ1) is 23.5. The molecule has 0 radical (unpaired) electrons. The van der Waals surface area contributed by atoms with Crippen LogP contribution in [0.15, 0.2) is 66.7 Å². The number of carbonyl (C=O) groups is 2. The summed E-state index contributed by atoms with van der Waals surface area (Å²) in [7, 11) is 3.89. The molecule has 1 N–H and O–H groups in total. The van der Waals surface area contributed by atoms with Gasteiger partial charge in [-0.25, -0.2) is 4.39 Å². The molecule has 0 heterocycles. The molecule has 1 aliphatic rings. The van der Waals surface area contributed by atoms with Crippen molar-refractivity contribution in [3.8, 4) is 0 Å². The number of benzene rings is 3. The molecule has 6 heteroatoms. The van der Waals surface area contributed by atoms with Gasteiger partial charge in [0.2, 0.25) is 5.91 Å². The minimum atomic E-state index is -0.334. The molecule has 1 fully saturated rings. The molecule has 2 amide bonds. The molecule has 0 spiro atoms. The van der Waals surface area contributed by atoms with E-state index in [1.807, 2.05) is 68.4 Å². The summed E-state index contributed by atoms with van der Waals surface area (Å²) < 4.78 is 13.9. The quantitative estimate of drug-likeness (QED) is 0.491. The third-order valence-electron chi connectivity index (χ3n) is 5.95.